The maximum Gasteiger partial charge on any atom is 0.316 e. The van der Waals surface area contributed by atoms with E-state index >= 15 is 0 Å². The van der Waals surface area contributed by atoms with Crippen molar-refractivity contribution < 1.29 is 9.53 Å². The Morgan fingerprint density at radius 1 is 1.32 bits per heavy atom. The zero-order valence-corrected chi connectivity index (χ0v) is 11.0. The van der Waals surface area contributed by atoms with Crippen LogP contribution in [0.15, 0.2) is 36.7 Å². The van der Waals surface area contributed by atoms with Crippen LogP contribution in [0.2, 0.25) is 5.02 Å². The van der Waals surface area contributed by atoms with Crippen LogP contribution in [0.4, 0.5) is 5.69 Å². The Morgan fingerprint density at radius 3 is 2.63 bits per heavy atom. The lowest BCUT2D eigenvalue weighted by Crippen LogP contribution is -2.15. The normalized spacial score (nSPS) is 10.0. The molecule has 98 valence electrons. The van der Waals surface area contributed by atoms with Gasteiger partial charge in [0, 0.05) is 5.02 Å². The van der Waals surface area contributed by atoms with Crippen LogP contribution in [0.1, 0.15) is 5.56 Å². The zero-order valence-electron chi connectivity index (χ0n) is 10.3. The largest absolute Gasteiger partial charge is 0.467 e. The number of halogens is 1. The minimum Gasteiger partial charge on any atom is -0.467 e. The van der Waals surface area contributed by atoms with E-state index in [0.29, 0.717) is 10.7 Å². The first-order valence-electron chi connectivity index (χ1n) is 5.58. The second kappa shape index (κ2) is 6.15. The minimum atomic E-state index is -0.179. The van der Waals surface area contributed by atoms with Gasteiger partial charge in [0.1, 0.15) is 0 Å². The number of hydrogen-bond acceptors (Lipinski definition) is 4. The van der Waals surface area contributed by atoms with E-state index in [4.69, 9.17) is 16.3 Å². The first kappa shape index (κ1) is 13.3. The van der Waals surface area contributed by atoms with Gasteiger partial charge in [0.2, 0.25) is 5.91 Å². The standard InChI is InChI=1S/C13H12ClN3O2/c1-19-13-15-7-10(8-16-13)17-12(18)6-9-4-2-3-5-11(9)14/h2-5,7-8H,6H2,1H3,(H,17,18). The van der Waals surface area contributed by atoms with E-state index in [1.54, 1.807) is 6.07 Å². The summed E-state index contributed by atoms with van der Waals surface area (Å²) in [5.41, 5.74) is 1.29. The van der Waals surface area contributed by atoms with Crippen LogP contribution >= 0.6 is 11.6 Å². The number of anilines is 1. The third kappa shape index (κ3) is 3.66. The lowest BCUT2D eigenvalue weighted by molar-refractivity contribution is -0.115. The summed E-state index contributed by atoms with van der Waals surface area (Å²) in [6.45, 7) is 0. The quantitative estimate of drug-likeness (QED) is 0.931. The topological polar surface area (TPSA) is 64.1 Å². The molecule has 0 bridgehead atoms. The minimum absolute atomic E-state index is 0.179. The van der Waals surface area contributed by atoms with E-state index in [0.717, 1.165) is 5.56 Å². The molecule has 1 aromatic heterocycles. The first-order chi connectivity index (χ1) is 9.19. The smallest absolute Gasteiger partial charge is 0.316 e. The SMILES string of the molecule is COc1ncc(NC(=O)Cc2ccccc2Cl)cn1. The number of methoxy groups -OCH3 is 1. The monoisotopic (exact) mass is 277 g/mol. The number of nitrogens with zero attached hydrogens (tertiary/aromatic N) is 2. The second-order valence-electron chi connectivity index (χ2n) is 3.77. The molecular formula is C13H12ClN3O2. The molecule has 2 aromatic rings. The fraction of sp³-hybridized carbons (Fsp3) is 0.154. The number of rotatable bonds is 4. The zero-order chi connectivity index (χ0) is 13.7. The number of benzene rings is 1. The molecule has 6 heteroatoms. The summed E-state index contributed by atoms with van der Waals surface area (Å²) in [5.74, 6) is -0.179. The van der Waals surface area contributed by atoms with Gasteiger partial charge in [-0.2, -0.15) is 0 Å². The van der Waals surface area contributed by atoms with Gasteiger partial charge in [-0.05, 0) is 11.6 Å². The van der Waals surface area contributed by atoms with Crippen molar-refractivity contribution >= 4 is 23.2 Å². The molecule has 1 aromatic carbocycles. The van der Waals surface area contributed by atoms with Crippen molar-refractivity contribution in [1.29, 1.82) is 0 Å². The number of nitrogens with one attached hydrogen (secondary N) is 1. The number of hydrogen-bond donors (Lipinski definition) is 1. The molecule has 0 fully saturated rings. The maximum atomic E-state index is 11.8. The molecule has 1 amide bonds. The third-order valence-electron chi connectivity index (χ3n) is 2.40. The van der Waals surface area contributed by atoms with E-state index < -0.39 is 0 Å². The van der Waals surface area contributed by atoms with Crippen LogP contribution in [0, 0.1) is 0 Å². The van der Waals surface area contributed by atoms with Gasteiger partial charge in [-0.1, -0.05) is 29.8 Å². The third-order valence-corrected chi connectivity index (χ3v) is 2.77. The summed E-state index contributed by atoms with van der Waals surface area (Å²) in [6.07, 6.45) is 3.17. The first-order valence-corrected chi connectivity index (χ1v) is 5.96. The fourth-order valence-electron chi connectivity index (χ4n) is 1.51. The molecule has 0 atom stereocenters. The van der Waals surface area contributed by atoms with Gasteiger partial charge >= 0.3 is 6.01 Å². The van der Waals surface area contributed by atoms with Gasteiger partial charge in [-0.15, -0.1) is 0 Å². The van der Waals surface area contributed by atoms with Gasteiger partial charge in [0.25, 0.3) is 0 Å². The fourth-order valence-corrected chi connectivity index (χ4v) is 1.71. The molecule has 5 nitrogen and oxygen atoms in total. The van der Waals surface area contributed by atoms with Crippen molar-refractivity contribution in [3.63, 3.8) is 0 Å². The number of carbonyl (C=O) groups excluding carboxylic acids is 1. The lowest BCUT2D eigenvalue weighted by Gasteiger charge is -2.06. The molecule has 1 N–H and O–H groups in total. The molecule has 19 heavy (non-hydrogen) atoms. The predicted octanol–water partition coefficient (Wildman–Crippen LogP) is 2.32. The average Bonchev–Trinajstić information content (AvgIpc) is 2.42. The van der Waals surface area contributed by atoms with Crippen molar-refractivity contribution in [2.24, 2.45) is 0 Å². The van der Waals surface area contributed by atoms with E-state index in [1.165, 1.54) is 19.5 Å². The molecular weight excluding hydrogens is 266 g/mol. The van der Waals surface area contributed by atoms with Crippen molar-refractivity contribution in [1.82, 2.24) is 9.97 Å². The molecule has 2 rings (SSSR count). The van der Waals surface area contributed by atoms with Crippen molar-refractivity contribution in [3.8, 4) is 6.01 Å². The van der Waals surface area contributed by atoms with Crippen LogP contribution in [0.5, 0.6) is 6.01 Å². The highest BCUT2D eigenvalue weighted by atomic mass is 35.5. The number of amides is 1. The predicted molar refractivity (Wildman–Crippen MR) is 72.4 cm³/mol. The Morgan fingerprint density at radius 2 is 2.00 bits per heavy atom. The summed E-state index contributed by atoms with van der Waals surface area (Å²) in [4.78, 5) is 19.6. The lowest BCUT2D eigenvalue weighted by atomic mass is 10.1. The van der Waals surface area contributed by atoms with Gasteiger partial charge in [0.15, 0.2) is 0 Å². The van der Waals surface area contributed by atoms with Crippen LogP contribution in [0.25, 0.3) is 0 Å². The Bertz CT molecular complexity index is 572. The number of ether oxygens (including phenoxy) is 1. The number of carbonyl (C=O) groups is 1. The van der Waals surface area contributed by atoms with E-state index in [-0.39, 0.29) is 18.3 Å². The van der Waals surface area contributed by atoms with Crippen LogP contribution in [-0.2, 0) is 11.2 Å². The highest BCUT2D eigenvalue weighted by molar-refractivity contribution is 6.31. The number of aromatic nitrogens is 2. The Hall–Kier alpha value is -2.14. The molecule has 0 radical (unpaired) electrons. The summed E-state index contributed by atoms with van der Waals surface area (Å²) in [7, 11) is 1.48. The van der Waals surface area contributed by atoms with Crippen molar-refractivity contribution in [3.05, 3.63) is 47.2 Å². The Kier molecular flexibility index (Phi) is 4.30. The van der Waals surface area contributed by atoms with Gasteiger partial charge in [0.05, 0.1) is 31.6 Å². The van der Waals surface area contributed by atoms with Gasteiger partial charge in [-0.25, -0.2) is 9.97 Å². The summed E-state index contributed by atoms with van der Waals surface area (Å²) >= 11 is 5.99. The molecule has 1 heterocycles. The van der Waals surface area contributed by atoms with Gasteiger partial charge < -0.3 is 10.1 Å². The Balaban J connectivity index is 1.99. The van der Waals surface area contributed by atoms with E-state index in [2.05, 4.69) is 15.3 Å². The van der Waals surface area contributed by atoms with Gasteiger partial charge in [-0.3, -0.25) is 4.79 Å². The molecule has 0 saturated carbocycles. The molecule has 0 aliphatic rings. The maximum absolute atomic E-state index is 11.8. The molecule has 0 aliphatic heterocycles. The van der Waals surface area contributed by atoms with Crippen LogP contribution < -0.4 is 10.1 Å². The highest BCUT2D eigenvalue weighted by Gasteiger charge is 2.07. The molecule has 0 saturated heterocycles. The second-order valence-corrected chi connectivity index (χ2v) is 4.18. The van der Waals surface area contributed by atoms with Crippen LogP contribution in [0.3, 0.4) is 0 Å². The average molecular weight is 278 g/mol. The van der Waals surface area contributed by atoms with Crippen LogP contribution in [-0.4, -0.2) is 23.0 Å². The summed E-state index contributed by atoms with van der Waals surface area (Å²) in [6, 6.07) is 7.48. The van der Waals surface area contributed by atoms with Crippen molar-refractivity contribution in [2.45, 2.75) is 6.42 Å². The summed E-state index contributed by atoms with van der Waals surface area (Å²) in [5, 5.41) is 3.26. The molecule has 0 spiro atoms. The Labute approximate surface area is 115 Å². The summed E-state index contributed by atoms with van der Waals surface area (Å²) < 4.78 is 4.83. The van der Waals surface area contributed by atoms with E-state index in [1.807, 2.05) is 18.2 Å². The van der Waals surface area contributed by atoms with E-state index in [9.17, 15) is 4.79 Å². The van der Waals surface area contributed by atoms with Crippen molar-refractivity contribution in [2.75, 3.05) is 12.4 Å². The molecule has 0 aliphatic carbocycles. The molecule has 0 unspecified atom stereocenters. The highest BCUT2D eigenvalue weighted by Crippen LogP contribution is 2.16.